The molecule has 0 unspecified atom stereocenters. The Morgan fingerprint density at radius 1 is 0.433 bits per heavy atom. The second-order valence-corrected chi connectivity index (χ2v) is 20.6. The molecule has 60 heavy (non-hydrogen) atoms. The van der Waals surface area contributed by atoms with Gasteiger partial charge in [-0.2, -0.15) is 0 Å². The van der Waals surface area contributed by atoms with Gasteiger partial charge in [0.05, 0.1) is 20.5 Å². The molecule has 0 spiro atoms. The van der Waals surface area contributed by atoms with Crippen molar-refractivity contribution in [3.63, 3.8) is 0 Å². The molecule has 0 saturated heterocycles. The molecule has 0 N–H and O–H groups in total. The normalized spacial score (nSPS) is 12.4. The summed E-state index contributed by atoms with van der Waals surface area (Å²) < 4.78 is 17.1. The third-order valence-electron chi connectivity index (χ3n) is 11.6. The van der Waals surface area contributed by atoms with Gasteiger partial charge in [-0.3, -0.25) is 0 Å². The van der Waals surface area contributed by atoms with Crippen LogP contribution in [0.4, 0.5) is 0 Å². The highest BCUT2D eigenvalue weighted by Gasteiger charge is 2.20. The highest BCUT2D eigenvalue weighted by molar-refractivity contribution is 7.40. The van der Waals surface area contributed by atoms with Gasteiger partial charge in [-0.15, -0.1) is 45.3 Å². The van der Waals surface area contributed by atoms with Crippen LogP contribution in [0.5, 0.6) is 0 Å². The summed E-state index contributed by atoms with van der Waals surface area (Å²) in [6.45, 7) is 6.66. The molecule has 0 aliphatic rings. The first-order chi connectivity index (χ1) is 29.1. The monoisotopic (exact) mass is 848 g/mol. The van der Waals surface area contributed by atoms with Crippen molar-refractivity contribution in [1.29, 1.82) is 0 Å². The maximum Gasteiger partial charge on any atom is 0.345 e. The van der Waals surface area contributed by atoms with Crippen molar-refractivity contribution in [2.45, 2.75) is 26.2 Å². The Hall–Kier alpha value is -6.16. The summed E-state index contributed by atoms with van der Waals surface area (Å²) >= 11 is 7.01. The number of hydrogen-bond acceptors (Lipinski definition) is 8. The van der Waals surface area contributed by atoms with Crippen LogP contribution in [0, 0.1) is 0 Å². The second kappa shape index (κ2) is 13.2. The van der Waals surface area contributed by atoms with E-state index in [1.807, 2.05) is 66.7 Å². The molecule has 0 saturated carbocycles. The van der Waals surface area contributed by atoms with Crippen LogP contribution in [-0.2, 0) is 5.41 Å². The van der Waals surface area contributed by atoms with Gasteiger partial charge in [0.2, 0.25) is 0 Å². The van der Waals surface area contributed by atoms with Gasteiger partial charge in [0.1, 0.15) is 11.2 Å². The van der Waals surface area contributed by atoms with Crippen molar-refractivity contribution < 1.29 is 8.83 Å². The minimum atomic E-state index is -0.346. The first-order valence-corrected chi connectivity index (χ1v) is 23.0. The minimum absolute atomic E-state index is 0.0397. The van der Waals surface area contributed by atoms with E-state index in [1.54, 1.807) is 45.3 Å². The van der Waals surface area contributed by atoms with E-state index in [9.17, 15) is 9.59 Å². The number of benzene rings is 6. The van der Waals surface area contributed by atoms with Crippen molar-refractivity contribution in [3.8, 4) is 41.8 Å². The van der Waals surface area contributed by atoms with Crippen molar-refractivity contribution in [2.24, 2.45) is 0 Å². The van der Waals surface area contributed by atoms with Gasteiger partial charge in [0, 0.05) is 45.1 Å². The molecule has 0 amide bonds. The van der Waals surface area contributed by atoms with Crippen LogP contribution in [0.3, 0.4) is 0 Å². The average Bonchev–Trinajstić information content (AvgIpc) is 4.06. The van der Waals surface area contributed by atoms with Gasteiger partial charge in [-0.05, 0) is 97.6 Å². The van der Waals surface area contributed by atoms with Crippen molar-refractivity contribution in [2.75, 3.05) is 0 Å². The number of fused-ring (bicyclic) bond motifs is 12. The van der Waals surface area contributed by atoms with E-state index in [1.165, 1.54) is 29.2 Å². The Morgan fingerprint density at radius 2 is 1.08 bits per heavy atom. The van der Waals surface area contributed by atoms with Crippen LogP contribution in [0.15, 0.2) is 158 Å². The molecular formula is C52H32O4S4. The zero-order valence-electron chi connectivity index (χ0n) is 32.5. The Bertz CT molecular complexity index is 3880. The van der Waals surface area contributed by atoms with E-state index < -0.39 is 0 Å². The van der Waals surface area contributed by atoms with E-state index in [0.717, 1.165) is 68.8 Å². The van der Waals surface area contributed by atoms with Gasteiger partial charge in [0.15, 0.2) is 0 Å². The van der Waals surface area contributed by atoms with E-state index >= 15 is 0 Å². The van der Waals surface area contributed by atoms with Gasteiger partial charge in [-0.25, -0.2) is 9.59 Å². The summed E-state index contributed by atoms with van der Waals surface area (Å²) in [5.74, 6) is 0. The quantitative estimate of drug-likeness (QED) is 0.131. The van der Waals surface area contributed by atoms with E-state index in [0.29, 0.717) is 22.3 Å². The molecular weight excluding hydrogens is 817 g/mol. The number of hydrogen-bond donors (Lipinski definition) is 0. The smallest absolute Gasteiger partial charge is 0.345 e. The van der Waals surface area contributed by atoms with E-state index in [2.05, 4.69) is 93.6 Å². The molecule has 6 aromatic heterocycles. The molecule has 0 radical (unpaired) electrons. The van der Waals surface area contributed by atoms with Gasteiger partial charge in [-0.1, -0.05) is 112 Å². The van der Waals surface area contributed by atoms with E-state index in [-0.39, 0.29) is 16.7 Å². The second-order valence-electron chi connectivity index (χ2n) is 16.3. The van der Waals surface area contributed by atoms with Crippen LogP contribution in [0.2, 0.25) is 0 Å². The zero-order valence-corrected chi connectivity index (χ0v) is 35.8. The summed E-state index contributed by atoms with van der Waals surface area (Å²) in [6.07, 6.45) is 0. The molecule has 12 aromatic rings. The molecule has 12 rings (SSSR count). The minimum Gasteiger partial charge on any atom is -0.422 e. The fraction of sp³-hybridized carbons (Fsp3) is 0.0769. The predicted molar refractivity (Wildman–Crippen MR) is 258 cm³/mol. The van der Waals surface area contributed by atoms with Crippen LogP contribution in [0.25, 0.3) is 115 Å². The maximum absolute atomic E-state index is 13.7. The van der Waals surface area contributed by atoms with Gasteiger partial charge < -0.3 is 8.83 Å². The predicted octanol–water partition coefficient (Wildman–Crippen LogP) is 15.9. The number of rotatable bonds is 4. The summed E-state index contributed by atoms with van der Waals surface area (Å²) in [6, 6.07) is 47.9. The van der Waals surface area contributed by atoms with Crippen molar-refractivity contribution in [1.82, 2.24) is 0 Å². The standard InChI is InChI=1S/C52H32O4S4/c1-52(2,3)30-16-17-31-28(22-30)15-18-40-37(31)24-39(51(54)55-40)41-19-20-42(57-41)44-26-46-49(60-44)48-45(58-46)25-43(59-48)29-10-8-9-27(21-29)36-23-38-34-13-5-4-11-32(34)33-12-6-7-14-35(33)47(38)56-50(36)53/h4-26H,1-3H3. The molecule has 4 nitrogen and oxygen atoms in total. The zero-order chi connectivity index (χ0) is 40.4. The van der Waals surface area contributed by atoms with Crippen LogP contribution in [-0.4, -0.2) is 0 Å². The largest absolute Gasteiger partial charge is 0.422 e. The maximum atomic E-state index is 13.7. The third-order valence-corrected chi connectivity index (χ3v) is 16.8. The lowest BCUT2D eigenvalue weighted by atomic mass is 9.85. The highest BCUT2D eigenvalue weighted by Crippen LogP contribution is 2.50. The molecule has 6 heterocycles. The molecule has 0 bridgehead atoms. The van der Waals surface area contributed by atoms with Gasteiger partial charge in [0.25, 0.3) is 0 Å². The Morgan fingerprint density at radius 3 is 1.87 bits per heavy atom. The summed E-state index contributed by atoms with van der Waals surface area (Å²) in [5.41, 5.74) is 4.89. The first-order valence-electron chi connectivity index (χ1n) is 19.7. The lowest BCUT2D eigenvalue weighted by molar-refractivity contribution is 0.564. The molecule has 0 aliphatic heterocycles. The molecule has 0 fully saturated rings. The molecule has 6 aromatic carbocycles. The summed E-state index contributed by atoms with van der Waals surface area (Å²) in [7, 11) is 0. The fourth-order valence-corrected chi connectivity index (χ4v) is 13.7. The van der Waals surface area contributed by atoms with Crippen LogP contribution >= 0.6 is 45.3 Å². The van der Waals surface area contributed by atoms with Crippen LogP contribution in [0.1, 0.15) is 26.3 Å². The molecule has 288 valence electrons. The Kier molecular flexibility index (Phi) is 7.85. The Balaban J connectivity index is 0.888. The third kappa shape index (κ3) is 5.59. The van der Waals surface area contributed by atoms with Crippen LogP contribution < -0.4 is 11.3 Å². The first kappa shape index (κ1) is 35.8. The highest BCUT2D eigenvalue weighted by atomic mass is 32.1. The fourth-order valence-electron chi connectivity index (χ4n) is 8.56. The van der Waals surface area contributed by atoms with Crippen molar-refractivity contribution >= 4 is 118 Å². The SMILES string of the molecule is CC(C)(C)c1ccc2c(ccc3oc(=O)c(-c4ccc(-c5cc6sc7cc(-c8cccc(-c9cc%10c%11ccccc%11c%11ccccc%11c%10oc9=O)c8)sc7c6s5)s4)cc32)c1. The lowest BCUT2D eigenvalue weighted by Crippen LogP contribution is -2.10. The molecule has 8 heteroatoms. The Labute approximate surface area is 358 Å². The lowest BCUT2D eigenvalue weighted by Gasteiger charge is -2.19. The topological polar surface area (TPSA) is 60.4 Å². The number of thiophene rings is 4. The van der Waals surface area contributed by atoms with Gasteiger partial charge >= 0.3 is 11.3 Å². The van der Waals surface area contributed by atoms with Crippen molar-refractivity contribution in [3.05, 3.63) is 166 Å². The molecule has 0 aliphatic carbocycles. The molecule has 0 atom stereocenters. The summed E-state index contributed by atoms with van der Waals surface area (Å²) in [4.78, 5) is 31.4. The van der Waals surface area contributed by atoms with E-state index in [4.69, 9.17) is 8.83 Å². The summed E-state index contributed by atoms with van der Waals surface area (Å²) in [5, 5.41) is 8.29. The average molecular weight is 849 g/mol.